The number of nitrogens with zero attached hydrogens (tertiary/aromatic N) is 1. The van der Waals surface area contributed by atoms with E-state index in [1.54, 1.807) is 0 Å². The van der Waals surface area contributed by atoms with E-state index in [2.05, 4.69) is 47.0 Å². The molecule has 0 spiro atoms. The molecule has 2 rings (SSSR count). The van der Waals surface area contributed by atoms with Crippen LogP contribution in [0.2, 0.25) is 0 Å². The lowest BCUT2D eigenvalue weighted by Gasteiger charge is -2.09. The summed E-state index contributed by atoms with van der Waals surface area (Å²) in [5.74, 6) is 0. The Kier molecular flexibility index (Phi) is 6.58. The lowest BCUT2D eigenvalue weighted by molar-refractivity contribution is 0.861. The lowest BCUT2D eigenvalue weighted by Crippen LogP contribution is -2.32. The summed E-state index contributed by atoms with van der Waals surface area (Å²) in [6, 6.07) is 20.5. The molecule has 0 radical (unpaired) electrons. The Morgan fingerprint density at radius 2 is 1.55 bits per heavy atom. The Hall–Kier alpha value is -2.20. The van der Waals surface area contributed by atoms with Crippen LogP contribution in [0.4, 0.5) is 0 Å². The van der Waals surface area contributed by atoms with Crippen LogP contribution in [-0.4, -0.2) is 10.8 Å². The molecule has 114 valence electrons. The van der Waals surface area contributed by atoms with Crippen LogP contribution in [0, 0.1) is 0 Å². The SMILES string of the molecule is CCC(Cc1ccccc1)=NNC(=S)NCc1ccccc1. The van der Waals surface area contributed by atoms with Crippen molar-refractivity contribution >= 4 is 23.0 Å². The summed E-state index contributed by atoms with van der Waals surface area (Å²) >= 11 is 5.25. The third kappa shape index (κ3) is 5.66. The van der Waals surface area contributed by atoms with Gasteiger partial charge >= 0.3 is 0 Å². The van der Waals surface area contributed by atoms with Crippen LogP contribution in [0.25, 0.3) is 0 Å². The predicted molar refractivity (Wildman–Crippen MR) is 96.9 cm³/mol. The van der Waals surface area contributed by atoms with Crippen LogP contribution >= 0.6 is 12.2 Å². The van der Waals surface area contributed by atoms with Crippen molar-refractivity contribution in [3.63, 3.8) is 0 Å². The maximum absolute atomic E-state index is 5.25. The first-order valence-electron chi connectivity index (χ1n) is 7.45. The van der Waals surface area contributed by atoms with E-state index in [0.29, 0.717) is 11.7 Å². The maximum Gasteiger partial charge on any atom is 0.187 e. The fourth-order valence-corrected chi connectivity index (χ4v) is 2.14. The number of hydrogen-bond acceptors (Lipinski definition) is 2. The van der Waals surface area contributed by atoms with Gasteiger partial charge in [-0.25, -0.2) is 0 Å². The Balaban J connectivity index is 1.82. The van der Waals surface area contributed by atoms with Crippen LogP contribution in [0.3, 0.4) is 0 Å². The summed E-state index contributed by atoms with van der Waals surface area (Å²) < 4.78 is 0. The quantitative estimate of drug-likeness (QED) is 0.485. The molecule has 0 heterocycles. The summed E-state index contributed by atoms with van der Waals surface area (Å²) in [5.41, 5.74) is 6.46. The van der Waals surface area contributed by atoms with Crippen molar-refractivity contribution in [1.82, 2.24) is 10.7 Å². The van der Waals surface area contributed by atoms with Crippen LogP contribution in [0.15, 0.2) is 65.8 Å². The first-order valence-corrected chi connectivity index (χ1v) is 7.86. The van der Waals surface area contributed by atoms with Gasteiger partial charge in [0.15, 0.2) is 5.11 Å². The van der Waals surface area contributed by atoms with E-state index in [-0.39, 0.29) is 0 Å². The minimum atomic E-state index is 0.544. The van der Waals surface area contributed by atoms with Crippen molar-refractivity contribution < 1.29 is 0 Å². The van der Waals surface area contributed by atoms with Gasteiger partial charge in [-0.05, 0) is 29.8 Å². The van der Waals surface area contributed by atoms with Gasteiger partial charge in [-0.2, -0.15) is 5.10 Å². The molecule has 0 aromatic heterocycles. The van der Waals surface area contributed by atoms with Gasteiger partial charge in [0, 0.05) is 18.7 Å². The van der Waals surface area contributed by atoms with Crippen molar-refractivity contribution in [2.24, 2.45) is 5.10 Å². The van der Waals surface area contributed by atoms with Gasteiger partial charge in [-0.15, -0.1) is 0 Å². The smallest absolute Gasteiger partial charge is 0.187 e. The van der Waals surface area contributed by atoms with E-state index in [1.165, 1.54) is 11.1 Å². The lowest BCUT2D eigenvalue weighted by atomic mass is 10.1. The molecule has 0 unspecified atom stereocenters. The zero-order valence-corrected chi connectivity index (χ0v) is 13.6. The van der Waals surface area contributed by atoms with Gasteiger partial charge in [0.05, 0.1) is 0 Å². The maximum atomic E-state index is 5.25. The molecule has 0 aliphatic carbocycles. The summed E-state index contributed by atoms with van der Waals surface area (Å²) in [6.45, 7) is 2.80. The number of benzene rings is 2. The van der Waals surface area contributed by atoms with E-state index in [9.17, 15) is 0 Å². The second-order valence-electron chi connectivity index (χ2n) is 4.97. The molecular weight excluding hydrogens is 290 g/mol. The second-order valence-corrected chi connectivity index (χ2v) is 5.38. The van der Waals surface area contributed by atoms with Gasteiger partial charge in [0.2, 0.25) is 0 Å². The van der Waals surface area contributed by atoms with Crippen LogP contribution < -0.4 is 10.7 Å². The number of rotatable bonds is 6. The van der Waals surface area contributed by atoms with Crippen molar-refractivity contribution in [2.45, 2.75) is 26.3 Å². The predicted octanol–water partition coefficient (Wildman–Crippen LogP) is 3.66. The van der Waals surface area contributed by atoms with Crippen molar-refractivity contribution in [1.29, 1.82) is 0 Å². The Morgan fingerprint density at radius 3 is 2.14 bits per heavy atom. The van der Waals surface area contributed by atoms with E-state index in [4.69, 9.17) is 12.2 Å². The molecule has 0 bridgehead atoms. The highest BCUT2D eigenvalue weighted by Gasteiger charge is 2.00. The topological polar surface area (TPSA) is 36.4 Å². The molecule has 0 fully saturated rings. The molecule has 0 atom stereocenters. The Labute approximate surface area is 137 Å². The van der Waals surface area contributed by atoms with Gasteiger partial charge in [0.1, 0.15) is 0 Å². The molecule has 2 aromatic carbocycles. The molecule has 2 N–H and O–H groups in total. The average Bonchev–Trinajstić information content (AvgIpc) is 2.58. The summed E-state index contributed by atoms with van der Waals surface area (Å²) in [5, 5.41) is 8.11. The molecule has 0 aliphatic rings. The molecular formula is C18H21N3S. The molecule has 2 aromatic rings. The van der Waals surface area contributed by atoms with Gasteiger partial charge in [0.25, 0.3) is 0 Å². The first kappa shape index (κ1) is 16.2. The Morgan fingerprint density at radius 1 is 0.955 bits per heavy atom. The largest absolute Gasteiger partial charge is 0.357 e. The Bertz CT molecular complexity index is 609. The average molecular weight is 311 g/mol. The summed E-state index contributed by atoms with van der Waals surface area (Å²) in [7, 11) is 0. The van der Waals surface area contributed by atoms with Crippen LogP contribution in [0.5, 0.6) is 0 Å². The summed E-state index contributed by atoms with van der Waals surface area (Å²) in [4.78, 5) is 0. The van der Waals surface area contributed by atoms with Crippen molar-refractivity contribution in [3.8, 4) is 0 Å². The fraction of sp³-hybridized carbons (Fsp3) is 0.222. The van der Waals surface area contributed by atoms with Crippen molar-refractivity contribution in [3.05, 3.63) is 71.8 Å². The second kappa shape index (κ2) is 8.95. The van der Waals surface area contributed by atoms with Crippen molar-refractivity contribution in [2.75, 3.05) is 0 Å². The molecule has 4 heteroatoms. The first-order chi connectivity index (χ1) is 10.8. The fourth-order valence-electron chi connectivity index (χ4n) is 2.02. The molecule has 3 nitrogen and oxygen atoms in total. The molecule has 0 saturated heterocycles. The van der Waals surface area contributed by atoms with Gasteiger partial charge in [-0.3, -0.25) is 5.43 Å². The molecule has 22 heavy (non-hydrogen) atoms. The highest BCUT2D eigenvalue weighted by molar-refractivity contribution is 7.80. The molecule has 0 saturated carbocycles. The van der Waals surface area contributed by atoms with Gasteiger partial charge in [-0.1, -0.05) is 67.6 Å². The number of hydrogen-bond donors (Lipinski definition) is 2. The zero-order chi connectivity index (χ0) is 15.6. The van der Waals surface area contributed by atoms with Crippen LogP contribution in [-0.2, 0) is 13.0 Å². The zero-order valence-electron chi connectivity index (χ0n) is 12.8. The highest BCUT2D eigenvalue weighted by Crippen LogP contribution is 2.03. The highest BCUT2D eigenvalue weighted by atomic mass is 32.1. The molecule has 0 aliphatic heterocycles. The number of hydrazone groups is 1. The molecule has 0 amide bonds. The minimum Gasteiger partial charge on any atom is -0.357 e. The van der Waals surface area contributed by atoms with Gasteiger partial charge < -0.3 is 5.32 Å². The monoisotopic (exact) mass is 311 g/mol. The van der Waals surface area contributed by atoms with E-state index in [0.717, 1.165) is 18.6 Å². The normalized spacial score (nSPS) is 11.0. The van der Waals surface area contributed by atoms with Crippen LogP contribution in [0.1, 0.15) is 24.5 Å². The van der Waals surface area contributed by atoms with E-state index < -0.39 is 0 Å². The minimum absolute atomic E-state index is 0.544. The number of thiocarbonyl (C=S) groups is 1. The third-order valence-corrected chi connectivity index (χ3v) is 3.51. The third-order valence-electron chi connectivity index (χ3n) is 3.27. The van der Waals surface area contributed by atoms with E-state index in [1.807, 2.05) is 36.4 Å². The summed E-state index contributed by atoms with van der Waals surface area (Å²) in [6.07, 6.45) is 1.73. The number of nitrogens with one attached hydrogen (secondary N) is 2. The van der Waals surface area contributed by atoms with E-state index >= 15 is 0 Å². The standard InChI is InChI=1S/C18H21N3S/c1-2-17(13-15-9-5-3-6-10-15)20-21-18(22)19-14-16-11-7-4-8-12-16/h3-12H,2,13-14H2,1H3,(H2,19,21,22).